The van der Waals surface area contributed by atoms with E-state index in [1.807, 2.05) is 41.1 Å². The van der Waals surface area contributed by atoms with Crippen LogP contribution in [0.3, 0.4) is 0 Å². The average molecular weight is 231 g/mol. The second-order valence-corrected chi connectivity index (χ2v) is 3.79. The fraction of sp³-hybridized carbons (Fsp3) is 0.231. The summed E-state index contributed by atoms with van der Waals surface area (Å²) in [4.78, 5) is 22.2. The number of carbonyl (C=O) groups excluding carboxylic acids is 2. The van der Waals surface area contributed by atoms with Gasteiger partial charge in [-0.05, 0) is 17.5 Å². The van der Waals surface area contributed by atoms with E-state index in [1.165, 1.54) is 7.11 Å². The van der Waals surface area contributed by atoms with Crippen molar-refractivity contribution in [3.63, 3.8) is 0 Å². The number of carbonyl (C=O) groups is 2. The molecule has 4 nitrogen and oxygen atoms in total. The van der Waals surface area contributed by atoms with Gasteiger partial charge in [-0.15, -0.1) is 0 Å². The van der Waals surface area contributed by atoms with Crippen LogP contribution < -0.4 is 0 Å². The first-order valence-corrected chi connectivity index (χ1v) is 5.33. The molecular formula is C13H13NO3. The van der Waals surface area contributed by atoms with Gasteiger partial charge >= 0.3 is 5.97 Å². The molecule has 1 unspecified atom stereocenters. The van der Waals surface area contributed by atoms with Crippen molar-refractivity contribution in [2.45, 2.75) is 6.54 Å². The number of hydrogen-bond donors (Lipinski definition) is 0. The van der Waals surface area contributed by atoms with E-state index in [0.717, 1.165) is 10.9 Å². The zero-order valence-corrected chi connectivity index (χ0v) is 9.50. The molecular weight excluding hydrogens is 218 g/mol. The lowest BCUT2D eigenvalue weighted by atomic mass is 10.1. The van der Waals surface area contributed by atoms with E-state index < -0.39 is 11.9 Å². The van der Waals surface area contributed by atoms with Crippen molar-refractivity contribution in [2.24, 2.45) is 5.92 Å². The van der Waals surface area contributed by atoms with E-state index in [2.05, 4.69) is 4.74 Å². The van der Waals surface area contributed by atoms with Gasteiger partial charge in [0.25, 0.3) is 0 Å². The Labute approximate surface area is 98.8 Å². The Kier molecular flexibility index (Phi) is 3.23. The number of rotatable bonds is 4. The second-order valence-electron chi connectivity index (χ2n) is 3.79. The van der Waals surface area contributed by atoms with Crippen LogP contribution in [-0.4, -0.2) is 23.9 Å². The number of hydrogen-bond acceptors (Lipinski definition) is 3. The molecule has 88 valence electrons. The molecule has 0 spiro atoms. The Bertz CT molecular complexity index is 544. The SMILES string of the molecule is COC(=O)C(C=O)Cn1ccc2ccccc21. The molecule has 0 radical (unpaired) electrons. The van der Waals surface area contributed by atoms with E-state index in [1.54, 1.807) is 0 Å². The molecule has 2 rings (SSSR count). The lowest BCUT2D eigenvalue weighted by molar-refractivity contribution is -0.147. The maximum Gasteiger partial charge on any atom is 0.317 e. The Morgan fingerprint density at radius 3 is 2.88 bits per heavy atom. The van der Waals surface area contributed by atoms with E-state index in [0.29, 0.717) is 12.8 Å². The molecule has 1 atom stereocenters. The third kappa shape index (κ3) is 2.20. The minimum atomic E-state index is -0.754. The number of para-hydroxylation sites is 1. The first kappa shape index (κ1) is 11.4. The number of ether oxygens (including phenoxy) is 1. The number of aldehydes is 1. The zero-order valence-electron chi connectivity index (χ0n) is 9.50. The highest BCUT2D eigenvalue weighted by Crippen LogP contribution is 2.16. The highest BCUT2D eigenvalue weighted by atomic mass is 16.5. The second kappa shape index (κ2) is 4.82. The summed E-state index contributed by atoms with van der Waals surface area (Å²) < 4.78 is 6.46. The maximum absolute atomic E-state index is 11.3. The Balaban J connectivity index is 2.28. The quantitative estimate of drug-likeness (QED) is 0.456. The molecule has 1 aromatic heterocycles. The minimum absolute atomic E-state index is 0.309. The van der Waals surface area contributed by atoms with E-state index in [9.17, 15) is 9.59 Å². The van der Waals surface area contributed by atoms with Crippen molar-refractivity contribution >= 4 is 23.2 Å². The summed E-state index contributed by atoms with van der Waals surface area (Å²) in [5.74, 6) is -1.26. The van der Waals surface area contributed by atoms with Gasteiger partial charge < -0.3 is 14.1 Å². The smallest absolute Gasteiger partial charge is 0.317 e. The van der Waals surface area contributed by atoms with Crippen LogP contribution >= 0.6 is 0 Å². The van der Waals surface area contributed by atoms with E-state index in [-0.39, 0.29) is 0 Å². The zero-order chi connectivity index (χ0) is 12.3. The molecule has 0 bridgehead atoms. The van der Waals surface area contributed by atoms with Crippen LogP contribution in [0.4, 0.5) is 0 Å². The van der Waals surface area contributed by atoms with Crippen molar-refractivity contribution in [2.75, 3.05) is 7.11 Å². The first-order chi connectivity index (χ1) is 8.26. The van der Waals surface area contributed by atoms with Gasteiger partial charge in [0.05, 0.1) is 7.11 Å². The third-order valence-corrected chi connectivity index (χ3v) is 2.74. The van der Waals surface area contributed by atoms with E-state index >= 15 is 0 Å². The summed E-state index contributed by atoms with van der Waals surface area (Å²) in [7, 11) is 1.28. The summed E-state index contributed by atoms with van der Waals surface area (Å²) in [6, 6.07) is 9.76. The first-order valence-electron chi connectivity index (χ1n) is 5.33. The number of aromatic nitrogens is 1. The monoisotopic (exact) mass is 231 g/mol. The molecule has 17 heavy (non-hydrogen) atoms. The van der Waals surface area contributed by atoms with Crippen molar-refractivity contribution in [1.29, 1.82) is 0 Å². The van der Waals surface area contributed by atoms with Crippen LogP contribution in [0, 0.1) is 5.92 Å². The van der Waals surface area contributed by atoms with Gasteiger partial charge in [0.2, 0.25) is 0 Å². The molecule has 0 N–H and O–H groups in total. The molecule has 0 saturated heterocycles. The van der Waals surface area contributed by atoms with Gasteiger partial charge in [-0.1, -0.05) is 18.2 Å². The molecule has 0 aliphatic heterocycles. The Morgan fingerprint density at radius 1 is 1.41 bits per heavy atom. The highest BCUT2D eigenvalue weighted by Gasteiger charge is 2.19. The number of fused-ring (bicyclic) bond motifs is 1. The van der Waals surface area contributed by atoms with Gasteiger partial charge in [0.1, 0.15) is 12.2 Å². The molecule has 1 aromatic carbocycles. The van der Waals surface area contributed by atoms with Crippen molar-refractivity contribution in [1.82, 2.24) is 4.57 Å². The van der Waals surface area contributed by atoms with Crippen LogP contribution in [0.1, 0.15) is 0 Å². The normalized spacial score (nSPS) is 12.3. The van der Waals surface area contributed by atoms with Gasteiger partial charge in [0.15, 0.2) is 0 Å². The molecule has 0 aliphatic rings. The van der Waals surface area contributed by atoms with Gasteiger partial charge in [-0.25, -0.2) is 0 Å². The standard InChI is InChI=1S/C13H13NO3/c1-17-13(16)11(9-15)8-14-7-6-10-4-2-3-5-12(10)14/h2-7,9,11H,8H2,1H3. The molecule has 2 aromatic rings. The predicted molar refractivity (Wildman–Crippen MR) is 63.5 cm³/mol. The van der Waals surface area contributed by atoms with Crippen LogP contribution in [0.15, 0.2) is 36.5 Å². The fourth-order valence-electron chi connectivity index (χ4n) is 1.84. The highest BCUT2D eigenvalue weighted by molar-refractivity contribution is 5.88. The topological polar surface area (TPSA) is 48.3 Å². The number of nitrogens with zero attached hydrogens (tertiary/aromatic N) is 1. The summed E-state index contributed by atoms with van der Waals surface area (Å²) in [5, 5.41) is 1.09. The lowest BCUT2D eigenvalue weighted by Crippen LogP contribution is -2.22. The summed E-state index contributed by atoms with van der Waals surface area (Å²) >= 11 is 0. The van der Waals surface area contributed by atoms with Crippen LogP contribution in [-0.2, 0) is 20.9 Å². The lowest BCUT2D eigenvalue weighted by Gasteiger charge is -2.10. The minimum Gasteiger partial charge on any atom is -0.468 e. The van der Waals surface area contributed by atoms with Crippen LogP contribution in [0.2, 0.25) is 0 Å². The van der Waals surface area contributed by atoms with Crippen molar-refractivity contribution < 1.29 is 14.3 Å². The largest absolute Gasteiger partial charge is 0.468 e. The predicted octanol–water partition coefficient (Wildman–Crippen LogP) is 1.63. The fourth-order valence-corrected chi connectivity index (χ4v) is 1.84. The summed E-state index contributed by atoms with van der Waals surface area (Å²) in [6.07, 6.45) is 2.49. The number of methoxy groups -OCH3 is 1. The van der Waals surface area contributed by atoms with Crippen LogP contribution in [0.5, 0.6) is 0 Å². The molecule has 0 fully saturated rings. The molecule has 0 amide bonds. The molecule has 0 aliphatic carbocycles. The summed E-state index contributed by atoms with van der Waals surface area (Å²) in [6.45, 7) is 0.309. The van der Waals surface area contributed by atoms with Crippen molar-refractivity contribution in [3.8, 4) is 0 Å². The Morgan fingerprint density at radius 2 is 2.18 bits per heavy atom. The summed E-state index contributed by atoms with van der Waals surface area (Å²) in [5.41, 5.74) is 1.00. The van der Waals surface area contributed by atoms with Gasteiger partial charge in [-0.2, -0.15) is 0 Å². The van der Waals surface area contributed by atoms with Gasteiger partial charge in [0, 0.05) is 18.3 Å². The van der Waals surface area contributed by atoms with Crippen LogP contribution in [0.25, 0.3) is 10.9 Å². The Hall–Kier alpha value is -2.10. The maximum atomic E-state index is 11.3. The molecule has 1 heterocycles. The number of benzene rings is 1. The molecule has 4 heteroatoms. The molecule has 0 saturated carbocycles. The van der Waals surface area contributed by atoms with Gasteiger partial charge in [-0.3, -0.25) is 4.79 Å². The number of esters is 1. The van der Waals surface area contributed by atoms with E-state index in [4.69, 9.17) is 0 Å². The third-order valence-electron chi connectivity index (χ3n) is 2.74. The van der Waals surface area contributed by atoms with Crippen molar-refractivity contribution in [3.05, 3.63) is 36.5 Å². The average Bonchev–Trinajstić information content (AvgIpc) is 2.78.